The number of carbonyl (C=O) groups excluding carboxylic acids is 1. The van der Waals surface area contributed by atoms with Crippen LogP contribution in [-0.2, 0) is 4.79 Å². The lowest BCUT2D eigenvalue weighted by molar-refractivity contribution is -0.112. The van der Waals surface area contributed by atoms with Crippen LogP contribution in [0.1, 0.15) is 37.3 Å². The van der Waals surface area contributed by atoms with E-state index in [-0.39, 0.29) is 5.91 Å². The Hall–Kier alpha value is -2.53. The summed E-state index contributed by atoms with van der Waals surface area (Å²) in [5, 5.41) is 7.95. The average Bonchev–Trinajstić information content (AvgIpc) is 3.31. The fraction of sp³-hybridized carbons (Fsp3) is 0.300. The zero-order valence-corrected chi connectivity index (χ0v) is 15.1. The van der Waals surface area contributed by atoms with Gasteiger partial charge in [0.15, 0.2) is 0 Å². The largest absolute Gasteiger partial charge is 0.488 e. The molecule has 2 heterocycles. The van der Waals surface area contributed by atoms with Crippen LogP contribution in [0.2, 0.25) is 5.02 Å². The van der Waals surface area contributed by atoms with Crippen LogP contribution in [0.25, 0.3) is 6.08 Å². The van der Waals surface area contributed by atoms with E-state index in [1.165, 1.54) is 18.9 Å². The molecule has 1 amide bonds. The molecule has 1 fully saturated rings. The quantitative estimate of drug-likeness (QED) is 0.800. The minimum atomic E-state index is -0.178. The molecule has 0 spiro atoms. The molecule has 0 unspecified atom stereocenters. The third-order valence-electron chi connectivity index (χ3n) is 4.75. The second kappa shape index (κ2) is 7.38. The maximum Gasteiger partial charge on any atom is 0.249 e. The van der Waals surface area contributed by atoms with E-state index in [1.807, 2.05) is 29.0 Å². The fourth-order valence-corrected chi connectivity index (χ4v) is 3.65. The molecule has 6 heteroatoms. The molecule has 134 valence electrons. The van der Waals surface area contributed by atoms with Gasteiger partial charge in [-0.25, -0.2) is 4.68 Å². The molecule has 1 aromatic heterocycles. The molecule has 4 rings (SSSR count). The number of fused-ring (bicyclic) bond motifs is 1. The molecule has 2 aliphatic rings. The molecule has 1 aliphatic carbocycles. The van der Waals surface area contributed by atoms with Gasteiger partial charge in [0.05, 0.1) is 12.2 Å². The number of aromatic nitrogens is 2. The minimum Gasteiger partial charge on any atom is -0.488 e. The third-order valence-corrected chi connectivity index (χ3v) is 4.98. The SMILES string of the molecule is O=C(/C=C/C1=Cc2cc(Cl)ccc2OC1)Nc1ccnn1C1CCCC1. The molecule has 26 heavy (non-hydrogen) atoms. The van der Waals surface area contributed by atoms with Crippen LogP contribution in [0.3, 0.4) is 0 Å². The van der Waals surface area contributed by atoms with Crippen molar-refractivity contribution in [2.75, 3.05) is 11.9 Å². The van der Waals surface area contributed by atoms with Gasteiger partial charge >= 0.3 is 0 Å². The van der Waals surface area contributed by atoms with E-state index in [0.29, 0.717) is 17.7 Å². The Kier molecular flexibility index (Phi) is 4.80. The Balaban J connectivity index is 1.43. The average molecular weight is 370 g/mol. The molecule has 1 saturated carbocycles. The highest BCUT2D eigenvalue weighted by Crippen LogP contribution is 2.31. The maximum absolute atomic E-state index is 12.3. The topological polar surface area (TPSA) is 56.1 Å². The zero-order valence-electron chi connectivity index (χ0n) is 14.3. The van der Waals surface area contributed by atoms with Crippen LogP contribution in [0.15, 0.2) is 48.2 Å². The second-order valence-electron chi connectivity index (χ2n) is 6.61. The molecule has 0 bridgehead atoms. The van der Waals surface area contributed by atoms with Crippen molar-refractivity contribution in [2.24, 2.45) is 0 Å². The van der Waals surface area contributed by atoms with Crippen molar-refractivity contribution in [1.82, 2.24) is 9.78 Å². The van der Waals surface area contributed by atoms with Crippen molar-refractivity contribution >= 4 is 29.4 Å². The van der Waals surface area contributed by atoms with Crippen molar-refractivity contribution in [3.05, 3.63) is 58.8 Å². The Morgan fingerprint density at radius 2 is 2.15 bits per heavy atom. The zero-order chi connectivity index (χ0) is 17.9. The number of carbonyl (C=O) groups is 1. The number of rotatable bonds is 4. The summed E-state index contributed by atoms with van der Waals surface area (Å²) in [6.45, 7) is 0.429. The monoisotopic (exact) mass is 369 g/mol. The maximum atomic E-state index is 12.3. The van der Waals surface area contributed by atoms with Gasteiger partial charge in [-0.3, -0.25) is 4.79 Å². The van der Waals surface area contributed by atoms with Gasteiger partial charge in [0.1, 0.15) is 18.2 Å². The number of benzene rings is 1. The van der Waals surface area contributed by atoms with Gasteiger partial charge in [-0.2, -0.15) is 5.10 Å². The normalized spacial score (nSPS) is 17.0. The lowest BCUT2D eigenvalue weighted by atomic mass is 10.1. The van der Waals surface area contributed by atoms with Crippen molar-refractivity contribution in [3.8, 4) is 5.75 Å². The molecule has 5 nitrogen and oxygen atoms in total. The predicted molar refractivity (Wildman–Crippen MR) is 102 cm³/mol. The Morgan fingerprint density at radius 3 is 3.00 bits per heavy atom. The van der Waals surface area contributed by atoms with Gasteiger partial charge in [0.2, 0.25) is 5.91 Å². The molecule has 0 saturated heterocycles. The van der Waals surface area contributed by atoms with Gasteiger partial charge in [0, 0.05) is 22.7 Å². The van der Waals surface area contributed by atoms with Crippen LogP contribution in [0.4, 0.5) is 5.82 Å². The van der Waals surface area contributed by atoms with Crippen LogP contribution < -0.4 is 10.1 Å². The summed E-state index contributed by atoms with van der Waals surface area (Å²) in [7, 11) is 0. The highest BCUT2D eigenvalue weighted by atomic mass is 35.5. The van der Waals surface area contributed by atoms with E-state index >= 15 is 0 Å². The molecule has 0 atom stereocenters. The summed E-state index contributed by atoms with van der Waals surface area (Å²) in [4.78, 5) is 12.3. The number of hydrogen-bond acceptors (Lipinski definition) is 3. The Labute approximate surface area is 157 Å². The van der Waals surface area contributed by atoms with E-state index in [2.05, 4.69) is 10.4 Å². The summed E-state index contributed by atoms with van der Waals surface area (Å²) in [6.07, 6.45) is 11.7. The summed E-state index contributed by atoms with van der Waals surface area (Å²) in [5.41, 5.74) is 1.84. The lowest BCUT2D eigenvalue weighted by Gasteiger charge is -2.16. The smallest absolute Gasteiger partial charge is 0.249 e. The van der Waals surface area contributed by atoms with Crippen LogP contribution in [0.5, 0.6) is 5.75 Å². The van der Waals surface area contributed by atoms with Gasteiger partial charge in [-0.1, -0.05) is 30.5 Å². The summed E-state index contributed by atoms with van der Waals surface area (Å²) in [6, 6.07) is 7.73. The van der Waals surface area contributed by atoms with E-state index < -0.39 is 0 Å². The van der Waals surface area contributed by atoms with Crippen LogP contribution in [-0.4, -0.2) is 22.3 Å². The van der Waals surface area contributed by atoms with Gasteiger partial charge in [0.25, 0.3) is 0 Å². The summed E-state index contributed by atoms with van der Waals surface area (Å²) >= 11 is 6.02. The van der Waals surface area contributed by atoms with Crippen LogP contribution >= 0.6 is 11.6 Å². The highest BCUT2D eigenvalue weighted by Gasteiger charge is 2.20. The number of hydrogen-bond donors (Lipinski definition) is 1. The standard InChI is InChI=1S/C20H20ClN3O2/c21-16-6-7-18-15(12-16)11-14(13-26-18)5-8-20(25)23-19-9-10-22-24(19)17-3-1-2-4-17/h5-12,17H,1-4,13H2,(H,23,25)/b8-5+. The number of halogens is 1. The number of nitrogens with zero attached hydrogens (tertiary/aromatic N) is 2. The van der Waals surface area contributed by atoms with Crippen molar-refractivity contribution in [1.29, 1.82) is 0 Å². The first-order valence-corrected chi connectivity index (χ1v) is 9.22. The van der Waals surface area contributed by atoms with Crippen LogP contribution in [0, 0.1) is 0 Å². The molecular weight excluding hydrogens is 350 g/mol. The summed E-state index contributed by atoms with van der Waals surface area (Å²) in [5.74, 6) is 1.37. The third kappa shape index (κ3) is 3.68. The van der Waals surface area contributed by atoms with Gasteiger partial charge < -0.3 is 10.1 Å². The Morgan fingerprint density at radius 1 is 1.31 bits per heavy atom. The van der Waals surface area contributed by atoms with Crippen molar-refractivity contribution in [3.63, 3.8) is 0 Å². The van der Waals surface area contributed by atoms with E-state index in [0.717, 1.165) is 35.5 Å². The van der Waals surface area contributed by atoms with Gasteiger partial charge in [-0.05, 0) is 42.7 Å². The highest BCUT2D eigenvalue weighted by molar-refractivity contribution is 6.30. The molecule has 1 aliphatic heterocycles. The van der Waals surface area contributed by atoms with Gasteiger partial charge in [-0.15, -0.1) is 0 Å². The first-order chi connectivity index (χ1) is 12.7. The molecule has 0 radical (unpaired) electrons. The van der Waals surface area contributed by atoms with Crippen molar-refractivity contribution in [2.45, 2.75) is 31.7 Å². The van der Waals surface area contributed by atoms with E-state index in [9.17, 15) is 4.79 Å². The lowest BCUT2D eigenvalue weighted by Crippen LogP contribution is -2.16. The number of nitrogens with one attached hydrogen (secondary N) is 1. The summed E-state index contributed by atoms with van der Waals surface area (Å²) < 4.78 is 7.62. The van der Waals surface area contributed by atoms with Crippen molar-refractivity contribution < 1.29 is 9.53 Å². The predicted octanol–water partition coefficient (Wildman–Crippen LogP) is 4.62. The van der Waals surface area contributed by atoms with E-state index in [4.69, 9.17) is 16.3 Å². The molecule has 1 aromatic carbocycles. The second-order valence-corrected chi connectivity index (χ2v) is 7.05. The van der Waals surface area contributed by atoms with E-state index in [1.54, 1.807) is 18.3 Å². The molecular formula is C20H20ClN3O2. The minimum absolute atomic E-state index is 0.178. The molecule has 2 aromatic rings. The number of amides is 1. The fourth-order valence-electron chi connectivity index (χ4n) is 3.47. The Bertz CT molecular complexity index is 879. The first kappa shape index (κ1) is 16.9. The first-order valence-electron chi connectivity index (χ1n) is 8.84. The molecule has 1 N–H and O–H groups in total. The number of ether oxygens (including phenoxy) is 1. The number of anilines is 1.